The molecule has 1 aromatic rings. The molecule has 1 amide bonds. The Morgan fingerprint density at radius 3 is 2.71 bits per heavy atom. The van der Waals surface area contributed by atoms with E-state index in [1.165, 1.54) is 7.11 Å². The Hall–Kier alpha value is -1.40. The maximum atomic E-state index is 12.1. The van der Waals surface area contributed by atoms with Gasteiger partial charge in [0.2, 0.25) is 5.91 Å². The monoisotopic (exact) mass is 355 g/mol. The third-order valence-corrected chi connectivity index (χ3v) is 3.91. The Morgan fingerprint density at radius 1 is 1.43 bits per heavy atom. The zero-order chi connectivity index (χ0) is 15.2. The lowest BCUT2D eigenvalue weighted by Crippen LogP contribution is -2.47. The molecule has 6 heteroatoms. The van der Waals surface area contributed by atoms with E-state index >= 15 is 0 Å². The zero-order valence-corrected chi connectivity index (χ0v) is 13.4. The molecular formula is C15H18BrNO4. The number of nitrogens with one attached hydrogen (secondary N) is 1. The van der Waals surface area contributed by atoms with Gasteiger partial charge in [0.25, 0.3) is 0 Å². The third-order valence-electron chi connectivity index (χ3n) is 3.38. The molecule has 1 aliphatic heterocycles. The second-order valence-electron chi connectivity index (χ2n) is 4.92. The Kier molecular flexibility index (Phi) is 5.76. The van der Waals surface area contributed by atoms with E-state index in [-0.39, 0.29) is 5.91 Å². The first-order valence-electron chi connectivity index (χ1n) is 6.84. The second kappa shape index (κ2) is 7.56. The molecule has 0 saturated carbocycles. The first kappa shape index (κ1) is 16.0. The summed E-state index contributed by atoms with van der Waals surface area (Å²) < 4.78 is 11.1. The van der Waals surface area contributed by atoms with Gasteiger partial charge in [-0.25, -0.2) is 4.79 Å². The summed E-state index contributed by atoms with van der Waals surface area (Å²) in [6.07, 6.45) is 1.49. The second-order valence-corrected chi connectivity index (χ2v) is 5.83. The summed E-state index contributed by atoms with van der Waals surface area (Å²) in [5, 5.41) is 2.72. The van der Waals surface area contributed by atoms with Gasteiger partial charge in [-0.05, 0) is 30.5 Å². The van der Waals surface area contributed by atoms with E-state index in [0.29, 0.717) is 19.4 Å². The van der Waals surface area contributed by atoms with Gasteiger partial charge in [-0.2, -0.15) is 0 Å². The van der Waals surface area contributed by atoms with Crippen LogP contribution < -0.4 is 5.32 Å². The van der Waals surface area contributed by atoms with Crippen molar-refractivity contribution in [1.29, 1.82) is 0 Å². The zero-order valence-electron chi connectivity index (χ0n) is 11.8. The van der Waals surface area contributed by atoms with Crippen LogP contribution in [0, 0.1) is 0 Å². The number of carbonyl (C=O) groups is 2. The number of carbonyl (C=O) groups excluding carboxylic acids is 2. The lowest BCUT2D eigenvalue weighted by atomic mass is 10.1. The summed E-state index contributed by atoms with van der Waals surface area (Å²) in [4.78, 5) is 23.9. The first-order valence-corrected chi connectivity index (χ1v) is 7.63. The number of hydrogen-bond acceptors (Lipinski definition) is 4. The number of amides is 1. The molecule has 0 unspecified atom stereocenters. The minimum atomic E-state index is -0.701. The van der Waals surface area contributed by atoms with Gasteiger partial charge in [0.05, 0.1) is 7.11 Å². The van der Waals surface area contributed by atoms with Gasteiger partial charge >= 0.3 is 5.97 Å². The van der Waals surface area contributed by atoms with Gasteiger partial charge in [-0.3, -0.25) is 4.79 Å². The van der Waals surface area contributed by atoms with E-state index in [9.17, 15) is 9.59 Å². The number of benzene rings is 1. The number of hydrogen-bond donors (Lipinski definition) is 1. The SMILES string of the molecule is COC(=O)[C@@H](Cc1ccc(Br)cc1)NC(=O)[C@@H]1CCCO1. The highest BCUT2D eigenvalue weighted by atomic mass is 79.9. The van der Waals surface area contributed by atoms with Crippen LogP contribution in [0.5, 0.6) is 0 Å². The average molecular weight is 356 g/mol. The molecule has 1 N–H and O–H groups in total. The molecule has 0 spiro atoms. The van der Waals surface area contributed by atoms with Crippen LogP contribution in [-0.2, 0) is 25.5 Å². The molecule has 5 nitrogen and oxygen atoms in total. The highest BCUT2D eigenvalue weighted by Gasteiger charge is 2.28. The van der Waals surface area contributed by atoms with E-state index < -0.39 is 18.1 Å². The molecule has 0 radical (unpaired) electrons. The van der Waals surface area contributed by atoms with Crippen molar-refractivity contribution in [1.82, 2.24) is 5.32 Å². The van der Waals surface area contributed by atoms with Gasteiger partial charge < -0.3 is 14.8 Å². The summed E-state index contributed by atoms with van der Waals surface area (Å²) in [6, 6.07) is 6.89. The summed E-state index contributed by atoms with van der Waals surface area (Å²) in [5.74, 6) is -0.704. The number of halogens is 1. The maximum absolute atomic E-state index is 12.1. The van der Waals surface area contributed by atoms with Crippen LogP contribution in [-0.4, -0.2) is 37.7 Å². The number of ether oxygens (including phenoxy) is 2. The normalized spacial score (nSPS) is 19.0. The van der Waals surface area contributed by atoms with E-state index in [0.717, 1.165) is 16.5 Å². The Balaban J connectivity index is 2.01. The minimum Gasteiger partial charge on any atom is -0.467 e. The van der Waals surface area contributed by atoms with E-state index in [4.69, 9.17) is 9.47 Å². The first-order chi connectivity index (χ1) is 10.1. The summed E-state index contributed by atoms with van der Waals surface area (Å²) in [6.45, 7) is 0.591. The van der Waals surface area contributed by atoms with Crippen molar-refractivity contribution in [3.63, 3.8) is 0 Å². The average Bonchev–Trinajstić information content (AvgIpc) is 3.02. The Morgan fingerprint density at radius 2 is 2.14 bits per heavy atom. The smallest absolute Gasteiger partial charge is 0.328 e. The molecule has 0 aliphatic carbocycles. The van der Waals surface area contributed by atoms with Gasteiger partial charge in [0.1, 0.15) is 12.1 Å². The van der Waals surface area contributed by atoms with Crippen molar-refractivity contribution in [3.05, 3.63) is 34.3 Å². The molecule has 1 aliphatic rings. The van der Waals surface area contributed by atoms with E-state index in [1.807, 2.05) is 24.3 Å². The predicted octanol–water partition coefficient (Wildman–Crippen LogP) is 1.83. The molecule has 0 aromatic heterocycles. The van der Waals surface area contributed by atoms with Crippen molar-refractivity contribution in [3.8, 4) is 0 Å². The van der Waals surface area contributed by atoms with Gasteiger partial charge in [0.15, 0.2) is 0 Å². The highest BCUT2D eigenvalue weighted by Crippen LogP contribution is 2.14. The molecular weight excluding hydrogens is 338 g/mol. The van der Waals surface area contributed by atoms with Crippen molar-refractivity contribution < 1.29 is 19.1 Å². The molecule has 1 saturated heterocycles. The van der Waals surface area contributed by atoms with Gasteiger partial charge in [0, 0.05) is 17.5 Å². The van der Waals surface area contributed by atoms with Crippen molar-refractivity contribution in [2.75, 3.05) is 13.7 Å². The fourth-order valence-electron chi connectivity index (χ4n) is 2.24. The lowest BCUT2D eigenvalue weighted by molar-refractivity contribution is -0.146. The fraction of sp³-hybridized carbons (Fsp3) is 0.467. The van der Waals surface area contributed by atoms with Crippen molar-refractivity contribution in [2.24, 2.45) is 0 Å². The maximum Gasteiger partial charge on any atom is 0.328 e. The van der Waals surface area contributed by atoms with Crippen LogP contribution in [0.4, 0.5) is 0 Å². The molecule has 114 valence electrons. The lowest BCUT2D eigenvalue weighted by Gasteiger charge is -2.18. The molecule has 21 heavy (non-hydrogen) atoms. The van der Waals surface area contributed by atoms with E-state index in [1.54, 1.807) is 0 Å². The van der Waals surface area contributed by atoms with Crippen LogP contribution in [0.1, 0.15) is 18.4 Å². The highest BCUT2D eigenvalue weighted by molar-refractivity contribution is 9.10. The predicted molar refractivity (Wildman–Crippen MR) is 80.8 cm³/mol. The van der Waals surface area contributed by atoms with Crippen LogP contribution in [0.15, 0.2) is 28.7 Å². The van der Waals surface area contributed by atoms with Crippen LogP contribution in [0.3, 0.4) is 0 Å². The molecule has 2 rings (SSSR count). The molecule has 1 fully saturated rings. The third kappa shape index (κ3) is 4.54. The Bertz CT molecular complexity index is 497. The summed E-state index contributed by atoms with van der Waals surface area (Å²) >= 11 is 3.36. The van der Waals surface area contributed by atoms with Crippen LogP contribution in [0.25, 0.3) is 0 Å². The standard InChI is InChI=1S/C15H18BrNO4/c1-20-15(19)12(9-10-4-6-11(16)7-5-10)17-14(18)13-3-2-8-21-13/h4-7,12-13H,2-3,8-9H2,1H3,(H,17,18)/t12-,13+/m1/s1. The quantitative estimate of drug-likeness (QED) is 0.818. The molecule has 2 atom stereocenters. The number of rotatable bonds is 5. The van der Waals surface area contributed by atoms with Gasteiger partial charge in [-0.15, -0.1) is 0 Å². The number of methoxy groups -OCH3 is 1. The van der Waals surface area contributed by atoms with E-state index in [2.05, 4.69) is 21.2 Å². The largest absolute Gasteiger partial charge is 0.467 e. The molecule has 0 bridgehead atoms. The molecule has 1 aromatic carbocycles. The van der Waals surface area contributed by atoms with Gasteiger partial charge in [-0.1, -0.05) is 28.1 Å². The number of esters is 1. The molecule has 1 heterocycles. The summed E-state index contributed by atoms with van der Waals surface area (Å²) in [7, 11) is 1.31. The Labute approximate surface area is 132 Å². The van der Waals surface area contributed by atoms with Crippen LogP contribution >= 0.6 is 15.9 Å². The van der Waals surface area contributed by atoms with Crippen molar-refractivity contribution >= 4 is 27.8 Å². The van der Waals surface area contributed by atoms with Crippen LogP contribution in [0.2, 0.25) is 0 Å². The summed E-state index contributed by atoms with van der Waals surface area (Å²) in [5.41, 5.74) is 0.946. The minimum absolute atomic E-state index is 0.250. The fourth-order valence-corrected chi connectivity index (χ4v) is 2.51. The topological polar surface area (TPSA) is 64.6 Å². The van der Waals surface area contributed by atoms with Crippen molar-refractivity contribution in [2.45, 2.75) is 31.4 Å².